The van der Waals surface area contributed by atoms with E-state index in [-0.39, 0.29) is 5.78 Å². The molecule has 0 heterocycles. The van der Waals surface area contributed by atoms with Gasteiger partial charge in [0, 0.05) is 30.0 Å². The molecule has 138 valence electrons. The second kappa shape index (κ2) is 8.67. The molecule has 0 saturated heterocycles. The van der Waals surface area contributed by atoms with Gasteiger partial charge >= 0.3 is 0 Å². The highest BCUT2D eigenvalue weighted by molar-refractivity contribution is 7.92. The van der Waals surface area contributed by atoms with Gasteiger partial charge in [0.2, 0.25) is 10.0 Å². The molecule has 0 aliphatic carbocycles. The highest BCUT2D eigenvalue weighted by atomic mass is 32.2. The van der Waals surface area contributed by atoms with Crippen LogP contribution >= 0.6 is 0 Å². The molecule has 0 fully saturated rings. The molecule has 0 aromatic heterocycles. The molecular weight excluding hydrogens is 348 g/mol. The molecule has 26 heavy (non-hydrogen) atoms. The number of benzene rings is 2. The van der Waals surface area contributed by atoms with Crippen molar-refractivity contribution in [1.82, 2.24) is 0 Å². The molecule has 2 aromatic carbocycles. The van der Waals surface area contributed by atoms with Gasteiger partial charge < -0.3 is 4.90 Å². The van der Waals surface area contributed by atoms with Crippen molar-refractivity contribution in [3.63, 3.8) is 0 Å². The molecule has 2 rings (SSSR count). The number of nitrogens with one attached hydrogen (secondary N) is 1. The van der Waals surface area contributed by atoms with Gasteiger partial charge in [-0.25, -0.2) is 8.42 Å². The average Bonchev–Trinajstić information content (AvgIpc) is 2.60. The van der Waals surface area contributed by atoms with Gasteiger partial charge in [0.25, 0.3) is 0 Å². The highest BCUT2D eigenvalue weighted by Crippen LogP contribution is 2.17. The summed E-state index contributed by atoms with van der Waals surface area (Å²) in [4.78, 5) is 14.6. The van der Waals surface area contributed by atoms with E-state index >= 15 is 0 Å². The van der Waals surface area contributed by atoms with E-state index in [9.17, 15) is 13.2 Å². The summed E-state index contributed by atoms with van der Waals surface area (Å²) in [6.07, 6.45) is 4.32. The van der Waals surface area contributed by atoms with Crippen LogP contribution in [0.1, 0.15) is 29.8 Å². The quantitative estimate of drug-likeness (QED) is 0.565. The third-order valence-corrected chi connectivity index (χ3v) is 4.51. The van der Waals surface area contributed by atoms with E-state index < -0.39 is 10.0 Å². The fourth-order valence-corrected chi connectivity index (χ4v) is 3.16. The van der Waals surface area contributed by atoms with E-state index in [0.29, 0.717) is 11.3 Å². The van der Waals surface area contributed by atoms with Crippen LogP contribution in [0.3, 0.4) is 0 Å². The lowest BCUT2D eigenvalue weighted by Gasteiger charge is -2.20. The van der Waals surface area contributed by atoms with Crippen molar-refractivity contribution in [3.8, 4) is 0 Å². The van der Waals surface area contributed by atoms with E-state index in [1.165, 1.54) is 12.1 Å². The Hall–Kier alpha value is -2.60. The molecule has 0 saturated carbocycles. The number of ketones is 1. The minimum Gasteiger partial charge on any atom is -0.372 e. The predicted molar refractivity (Wildman–Crippen MR) is 108 cm³/mol. The Bertz CT molecular complexity index is 884. The monoisotopic (exact) mass is 372 g/mol. The van der Waals surface area contributed by atoms with E-state index in [1.54, 1.807) is 24.3 Å². The number of rotatable bonds is 8. The average molecular weight is 372 g/mol. The summed E-state index contributed by atoms with van der Waals surface area (Å²) in [7, 11) is -3.37. The number of allylic oxidation sites excluding steroid dienone is 1. The first-order valence-corrected chi connectivity index (χ1v) is 10.4. The predicted octanol–water partition coefficient (Wildman–Crippen LogP) is 3.80. The molecular formula is C20H24N2O3S. The van der Waals surface area contributed by atoms with Gasteiger partial charge in [-0.15, -0.1) is 0 Å². The van der Waals surface area contributed by atoms with Crippen LogP contribution in [0, 0.1) is 0 Å². The van der Waals surface area contributed by atoms with Crippen molar-refractivity contribution >= 4 is 33.3 Å². The summed E-state index contributed by atoms with van der Waals surface area (Å²) in [5.41, 5.74) is 2.88. The molecule has 0 aliphatic rings. The van der Waals surface area contributed by atoms with Crippen LogP contribution in [0.2, 0.25) is 0 Å². The molecule has 5 nitrogen and oxygen atoms in total. The maximum Gasteiger partial charge on any atom is 0.229 e. The molecule has 0 bridgehead atoms. The third kappa shape index (κ3) is 5.74. The number of nitrogens with zero attached hydrogens (tertiary/aromatic N) is 1. The van der Waals surface area contributed by atoms with Gasteiger partial charge in [-0.1, -0.05) is 30.3 Å². The van der Waals surface area contributed by atoms with Gasteiger partial charge in [0.15, 0.2) is 5.78 Å². The Morgan fingerprint density at radius 1 is 1.08 bits per heavy atom. The summed E-state index contributed by atoms with van der Waals surface area (Å²) in [5, 5.41) is 0. The van der Waals surface area contributed by atoms with Crippen molar-refractivity contribution in [1.29, 1.82) is 0 Å². The number of hydrogen-bond donors (Lipinski definition) is 1. The molecule has 0 radical (unpaired) electrons. The van der Waals surface area contributed by atoms with Gasteiger partial charge in [0.1, 0.15) is 0 Å². The molecule has 0 amide bonds. The van der Waals surface area contributed by atoms with Gasteiger partial charge in [-0.2, -0.15) is 0 Å². The molecule has 6 heteroatoms. The Morgan fingerprint density at radius 3 is 2.31 bits per heavy atom. The third-order valence-electron chi connectivity index (χ3n) is 3.90. The Morgan fingerprint density at radius 2 is 1.73 bits per heavy atom. The number of anilines is 2. The molecule has 0 spiro atoms. The summed E-state index contributed by atoms with van der Waals surface area (Å²) in [6, 6.07) is 14.4. The van der Waals surface area contributed by atoms with Crippen LogP contribution in [0.4, 0.5) is 11.4 Å². The maximum atomic E-state index is 12.3. The second-order valence-corrected chi connectivity index (χ2v) is 7.66. The van der Waals surface area contributed by atoms with Crippen LogP contribution in [0.5, 0.6) is 0 Å². The zero-order chi connectivity index (χ0) is 19.2. The number of carbonyl (C=O) groups is 1. The van der Waals surface area contributed by atoms with Crippen LogP contribution in [-0.2, 0) is 10.0 Å². The largest absolute Gasteiger partial charge is 0.372 e. The normalized spacial score (nSPS) is 11.5. The number of sulfonamides is 1. The topological polar surface area (TPSA) is 66.5 Å². The smallest absolute Gasteiger partial charge is 0.229 e. The maximum absolute atomic E-state index is 12.3. The van der Waals surface area contributed by atoms with Crippen molar-refractivity contribution in [2.24, 2.45) is 0 Å². The molecule has 0 aliphatic heterocycles. The molecule has 0 atom stereocenters. The number of carbonyl (C=O) groups excluding carboxylic acids is 1. The van der Waals surface area contributed by atoms with Gasteiger partial charge in [0.05, 0.1) is 6.26 Å². The van der Waals surface area contributed by atoms with E-state index in [2.05, 4.69) is 23.5 Å². The van der Waals surface area contributed by atoms with E-state index in [0.717, 1.165) is 30.6 Å². The van der Waals surface area contributed by atoms with Gasteiger partial charge in [-0.3, -0.25) is 9.52 Å². The summed E-state index contributed by atoms with van der Waals surface area (Å²) in [6.45, 7) is 6.12. The lowest BCUT2D eigenvalue weighted by atomic mass is 10.1. The molecule has 0 unspecified atom stereocenters. The van der Waals surface area contributed by atoms with E-state index in [4.69, 9.17) is 0 Å². The van der Waals surface area contributed by atoms with Crippen molar-refractivity contribution in [2.45, 2.75) is 13.8 Å². The Kier molecular flexibility index (Phi) is 6.58. The van der Waals surface area contributed by atoms with Crippen molar-refractivity contribution in [3.05, 3.63) is 65.7 Å². The minimum absolute atomic E-state index is 0.185. The SMILES string of the molecule is CCN(CC)c1ccc(/C=C/C(=O)c2cccc(NS(C)(=O)=O)c2)cc1. The Labute approximate surface area is 155 Å². The summed E-state index contributed by atoms with van der Waals surface area (Å²) in [5.74, 6) is -0.185. The first-order valence-electron chi connectivity index (χ1n) is 8.47. The second-order valence-electron chi connectivity index (χ2n) is 5.92. The van der Waals surface area contributed by atoms with Crippen molar-refractivity contribution in [2.75, 3.05) is 29.0 Å². The van der Waals surface area contributed by atoms with Crippen molar-refractivity contribution < 1.29 is 13.2 Å². The van der Waals surface area contributed by atoms with Crippen LogP contribution in [0.15, 0.2) is 54.6 Å². The minimum atomic E-state index is -3.37. The first kappa shape index (κ1) is 19.7. The highest BCUT2D eigenvalue weighted by Gasteiger charge is 2.06. The summed E-state index contributed by atoms with van der Waals surface area (Å²) >= 11 is 0. The van der Waals surface area contributed by atoms with Crippen LogP contribution in [0.25, 0.3) is 6.08 Å². The van der Waals surface area contributed by atoms with Gasteiger partial charge in [-0.05, 0) is 49.8 Å². The lowest BCUT2D eigenvalue weighted by molar-refractivity contribution is 0.104. The fraction of sp³-hybridized carbons (Fsp3) is 0.250. The summed E-state index contributed by atoms with van der Waals surface area (Å²) < 4.78 is 25.0. The number of hydrogen-bond acceptors (Lipinski definition) is 4. The standard InChI is InChI=1S/C20H24N2O3S/c1-4-22(5-2)19-12-9-16(10-13-19)11-14-20(23)17-7-6-8-18(15-17)21-26(3,24)25/h6-15,21H,4-5H2,1-3H3/b14-11+. The molecule has 2 aromatic rings. The van der Waals surface area contributed by atoms with Crippen LogP contribution < -0.4 is 9.62 Å². The van der Waals surface area contributed by atoms with E-state index in [1.807, 2.05) is 24.3 Å². The van der Waals surface area contributed by atoms with Crippen LogP contribution in [-0.4, -0.2) is 33.5 Å². The lowest BCUT2D eigenvalue weighted by Crippen LogP contribution is -2.21. The Balaban J connectivity index is 2.11. The zero-order valence-corrected chi connectivity index (χ0v) is 16.1. The first-order chi connectivity index (χ1) is 12.3. The fourth-order valence-electron chi connectivity index (χ4n) is 2.60. The zero-order valence-electron chi connectivity index (χ0n) is 15.3. The molecule has 1 N–H and O–H groups in total.